The number of fused-ring (bicyclic) bond motifs is 2. The molecule has 0 bridgehead atoms. The van der Waals surface area contributed by atoms with Gasteiger partial charge in [-0.05, 0) is 50.8 Å². The molecule has 1 fully saturated rings. The van der Waals surface area contributed by atoms with Crippen molar-refractivity contribution in [2.24, 2.45) is 0 Å². The third-order valence-corrected chi connectivity index (χ3v) is 7.16. The molecule has 162 valence electrons. The molecule has 0 radical (unpaired) electrons. The normalized spacial score (nSPS) is 26.1. The molecule has 5 rings (SSSR count). The van der Waals surface area contributed by atoms with Crippen molar-refractivity contribution in [3.8, 4) is 0 Å². The first-order valence-electron chi connectivity index (χ1n) is 10.2. The predicted octanol–water partition coefficient (Wildman–Crippen LogP) is 4.45. The lowest BCUT2D eigenvalue weighted by molar-refractivity contribution is -0.143. The largest absolute Gasteiger partial charge is 0.468 e. The number of hydrogen-bond acceptors (Lipinski definition) is 4. The Morgan fingerprint density at radius 3 is 2.47 bits per heavy atom. The fourth-order valence-corrected chi connectivity index (χ4v) is 5.49. The van der Waals surface area contributed by atoms with Gasteiger partial charge < -0.3 is 10.1 Å². The number of nitrogens with one attached hydrogen (secondary N) is 2. The first-order valence-corrected chi connectivity index (χ1v) is 11.0. The van der Waals surface area contributed by atoms with Crippen LogP contribution in [0.4, 0.5) is 10.1 Å². The lowest BCUT2D eigenvalue weighted by Crippen LogP contribution is -2.44. The van der Waals surface area contributed by atoms with E-state index in [1.807, 2.05) is 54.6 Å². The topological polar surface area (TPSA) is 67.4 Å². The molecule has 32 heavy (non-hydrogen) atoms. The van der Waals surface area contributed by atoms with Gasteiger partial charge in [0.05, 0.1) is 17.6 Å². The van der Waals surface area contributed by atoms with Crippen molar-refractivity contribution in [2.45, 2.75) is 23.4 Å². The van der Waals surface area contributed by atoms with E-state index in [9.17, 15) is 14.0 Å². The molecule has 4 atom stereocenters. The van der Waals surface area contributed by atoms with Gasteiger partial charge in [0.2, 0.25) is 5.91 Å². The lowest BCUT2D eigenvalue weighted by atomic mass is 9.63. The van der Waals surface area contributed by atoms with Crippen molar-refractivity contribution in [2.75, 3.05) is 12.4 Å². The number of carbonyl (C=O) groups is 2. The molecule has 1 spiro atoms. The number of esters is 1. The maximum atomic E-state index is 14.6. The summed E-state index contributed by atoms with van der Waals surface area (Å²) in [5.74, 6) is -1.73. The Morgan fingerprint density at radius 2 is 1.75 bits per heavy atom. The molecule has 3 aromatic rings. The van der Waals surface area contributed by atoms with E-state index < -0.39 is 35.2 Å². The Balaban J connectivity index is 1.82. The van der Waals surface area contributed by atoms with Gasteiger partial charge in [0.15, 0.2) is 0 Å². The Morgan fingerprint density at radius 1 is 1.03 bits per heavy atom. The number of ether oxygens (including phenoxy) is 1. The summed E-state index contributed by atoms with van der Waals surface area (Å²) in [7, 11) is 1.33. The molecule has 0 aliphatic carbocycles. The second kappa shape index (κ2) is 7.83. The highest BCUT2D eigenvalue weighted by molar-refractivity contribution is 9.10. The van der Waals surface area contributed by atoms with E-state index in [1.165, 1.54) is 13.2 Å². The summed E-state index contributed by atoms with van der Waals surface area (Å²) >= 11 is 3.20. The van der Waals surface area contributed by atoms with Crippen molar-refractivity contribution < 1.29 is 18.7 Å². The molecule has 2 aliphatic heterocycles. The third kappa shape index (κ3) is 2.92. The zero-order valence-corrected chi connectivity index (χ0v) is 18.7. The van der Waals surface area contributed by atoms with Crippen LogP contribution >= 0.6 is 15.9 Å². The summed E-state index contributed by atoms with van der Waals surface area (Å²) < 4.78 is 20.0. The highest BCUT2D eigenvalue weighted by Crippen LogP contribution is 2.59. The molecule has 7 heteroatoms. The zero-order chi connectivity index (χ0) is 22.5. The molecule has 0 aromatic heterocycles. The molecule has 0 unspecified atom stereocenters. The number of benzene rings is 3. The van der Waals surface area contributed by atoms with Crippen LogP contribution in [0, 0.1) is 5.82 Å². The van der Waals surface area contributed by atoms with E-state index in [0.717, 1.165) is 11.1 Å². The lowest BCUT2D eigenvalue weighted by Gasteiger charge is -2.35. The number of para-hydroxylation sites is 1. The van der Waals surface area contributed by atoms with Crippen LogP contribution < -0.4 is 10.6 Å². The van der Waals surface area contributed by atoms with E-state index in [4.69, 9.17) is 4.74 Å². The number of anilines is 1. The van der Waals surface area contributed by atoms with Crippen molar-refractivity contribution >= 4 is 33.5 Å². The Kier molecular flexibility index (Phi) is 5.10. The molecular formula is C25H20BrFN2O3. The van der Waals surface area contributed by atoms with E-state index in [0.29, 0.717) is 15.7 Å². The van der Waals surface area contributed by atoms with Crippen LogP contribution in [0.2, 0.25) is 0 Å². The number of rotatable bonds is 3. The summed E-state index contributed by atoms with van der Waals surface area (Å²) in [6.45, 7) is 0. The predicted molar refractivity (Wildman–Crippen MR) is 122 cm³/mol. The summed E-state index contributed by atoms with van der Waals surface area (Å²) in [6.07, 6.45) is 0. The van der Waals surface area contributed by atoms with Gasteiger partial charge in [-0.1, -0.05) is 54.6 Å². The maximum absolute atomic E-state index is 14.6. The van der Waals surface area contributed by atoms with Crippen LogP contribution in [0.15, 0.2) is 77.3 Å². The standard InChI is InChI=1S/C25H20BrFN2O3/c1-32-23(30)21-20(14-7-3-2-4-8-14)25(16-9-5-6-10-19(16)28-24(25)31)22(29-21)15-11-12-17(26)18(27)13-15/h2-13,20-22,29H,1H3,(H,28,31)/t20-,21+,22+,25+/m0/s1. The highest BCUT2D eigenvalue weighted by Gasteiger charge is 2.66. The quantitative estimate of drug-likeness (QED) is 0.528. The minimum absolute atomic E-state index is 0.236. The minimum Gasteiger partial charge on any atom is -0.468 e. The maximum Gasteiger partial charge on any atom is 0.323 e. The van der Waals surface area contributed by atoms with Gasteiger partial charge in [0.25, 0.3) is 0 Å². The molecule has 0 saturated carbocycles. The molecule has 1 saturated heterocycles. The molecule has 2 aliphatic rings. The summed E-state index contributed by atoms with van der Waals surface area (Å²) in [6, 6.07) is 20.2. The molecule has 2 N–H and O–H groups in total. The third-order valence-electron chi connectivity index (χ3n) is 6.51. The Hall–Kier alpha value is -3.03. The second-order valence-corrected chi connectivity index (χ2v) is 8.89. The van der Waals surface area contributed by atoms with Crippen LogP contribution in [0.1, 0.15) is 28.7 Å². The van der Waals surface area contributed by atoms with Crippen LogP contribution in [-0.4, -0.2) is 25.0 Å². The van der Waals surface area contributed by atoms with E-state index in [2.05, 4.69) is 26.6 Å². The van der Waals surface area contributed by atoms with Crippen molar-refractivity contribution in [3.63, 3.8) is 0 Å². The minimum atomic E-state index is -1.18. The number of amides is 1. The van der Waals surface area contributed by atoms with Crippen molar-refractivity contribution in [1.82, 2.24) is 5.32 Å². The number of methoxy groups -OCH3 is 1. The Bertz CT molecular complexity index is 1220. The Labute approximate surface area is 193 Å². The van der Waals surface area contributed by atoms with Gasteiger partial charge in [0.1, 0.15) is 17.3 Å². The van der Waals surface area contributed by atoms with Crippen molar-refractivity contribution in [3.05, 3.63) is 99.8 Å². The fourth-order valence-electron chi connectivity index (χ4n) is 5.24. The van der Waals surface area contributed by atoms with Crippen LogP contribution in [0.25, 0.3) is 0 Å². The number of carbonyl (C=O) groups excluding carboxylic acids is 2. The van der Waals surface area contributed by atoms with Gasteiger partial charge in [-0.2, -0.15) is 0 Å². The van der Waals surface area contributed by atoms with Crippen LogP contribution in [-0.2, 0) is 19.7 Å². The smallest absolute Gasteiger partial charge is 0.323 e. The molecular weight excluding hydrogens is 475 g/mol. The number of halogens is 2. The van der Waals surface area contributed by atoms with E-state index >= 15 is 0 Å². The van der Waals surface area contributed by atoms with Crippen LogP contribution in [0.5, 0.6) is 0 Å². The van der Waals surface area contributed by atoms with Crippen LogP contribution in [0.3, 0.4) is 0 Å². The first-order chi connectivity index (χ1) is 15.5. The number of hydrogen-bond donors (Lipinski definition) is 2. The monoisotopic (exact) mass is 494 g/mol. The molecule has 1 amide bonds. The van der Waals surface area contributed by atoms with Gasteiger partial charge in [0, 0.05) is 11.6 Å². The molecule has 5 nitrogen and oxygen atoms in total. The summed E-state index contributed by atoms with van der Waals surface area (Å²) in [5.41, 5.74) is 1.67. The second-order valence-electron chi connectivity index (χ2n) is 8.03. The highest BCUT2D eigenvalue weighted by atomic mass is 79.9. The molecule has 3 aromatic carbocycles. The van der Waals surface area contributed by atoms with Gasteiger partial charge in [-0.25, -0.2) is 4.39 Å². The fraction of sp³-hybridized carbons (Fsp3) is 0.200. The van der Waals surface area contributed by atoms with E-state index in [-0.39, 0.29) is 5.91 Å². The van der Waals surface area contributed by atoms with Crippen molar-refractivity contribution in [1.29, 1.82) is 0 Å². The zero-order valence-electron chi connectivity index (χ0n) is 17.1. The first kappa shape index (κ1) is 20.8. The summed E-state index contributed by atoms with van der Waals surface area (Å²) in [5, 5.41) is 6.34. The van der Waals surface area contributed by atoms with Gasteiger partial charge >= 0.3 is 5.97 Å². The average molecular weight is 495 g/mol. The van der Waals surface area contributed by atoms with Gasteiger partial charge in [-0.15, -0.1) is 0 Å². The van der Waals surface area contributed by atoms with E-state index in [1.54, 1.807) is 12.1 Å². The average Bonchev–Trinajstić information content (AvgIpc) is 3.32. The molecule has 2 heterocycles. The SMILES string of the molecule is COC(=O)[C@@H]1N[C@H](c2ccc(Br)c(F)c2)[C@]2(C(=O)Nc3ccccc32)[C@H]1c1ccccc1. The summed E-state index contributed by atoms with van der Waals surface area (Å²) in [4.78, 5) is 26.8. The van der Waals surface area contributed by atoms with Gasteiger partial charge in [-0.3, -0.25) is 14.9 Å².